The number of rotatable bonds is 2. The third-order valence-corrected chi connectivity index (χ3v) is 4.72. The highest BCUT2D eigenvalue weighted by atomic mass is 15.3. The van der Waals surface area contributed by atoms with Crippen LogP contribution in [0.5, 0.6) is 0 Å². The molecule has 0 unspecified atom stereocenters. The van der Waals surface area contributed by atoms with Crippen LogP contribution in [-0.4, -0.2) is 40.0 Å². The maximum atomic E-state index is 4.64. The van der Waals surface area contributed by atoms with Crippen molar-refractivity contribution >= 4 is 5.82 Å². The zero-order valence-corrected chi connectivity index (χ0v) is 12.9. The van der Waals surface area contributed by atoms with Gasteiger partial charge in [0, 0.05) is 37.8 Å². The molecule has 2 aromatic rings. The Morgan fingerprint density at radius 2 is 2.09 bits per heavy atom. The van der Waals surface area contributed by atoms with E-state index in [1.807, 2.05) is 12.3 Å². The van der Waals surface area contributed by atoms with Crippen LogP contribution in [-0.2, 0) is 13.0 Å². The molecule has 2 aliphatic heterocycles. The molecule has 0 aromatic carbocycles. The Kier molecular flexibility index (Phi) is 3.50. The van der Waals surface area contributed by atoms with E-state index in [4.69, 9.17) is 0 Å². The largest absolute Gasteiger partial charge is 0.348 e. The van der Waals surface area contributed by atoms with Gasteiger partial charge in [-0.15, -0.1) is 0 Å². The second kappa shape index (κ2) is 5.65. The normalized spacial score (nSPS) is 21.9. The fourth-order valence-corrected chi connectivity index (χ4v) is 3.61. The van der Waals surface area contributed by atoms with Gasteiger partial charge < -0.3 is 9.80 Å². The van der Waals surface area contributed by atoms with Crippen molar-refractivity contribution in [1.82, 2.24) is 19.9 Å². The van der Waals surface area contributed by atoms with E-state index in [-0.39, 0.29) is 0 Å². The molecule has 0 radical (unpaired) electrons. The SMILES string of the molecule is CN1CCc2ncnc(N3CCC[C@@H]3c3ccccn3)c2C1. The van der Waals surface area contributed by atoms with E-state index in [9.17, 15) is 0 Å². The third-order valence-electron chi connectivity index (χ3n) is 4.72. The average Bonchev–Trinajstić information content (AvgIpc) is 3.04. The molecule has 0 bridgehead atoms. The van der Waals surface area contributed by atoms with E-state index < -0.39 is 0 Å². The van der Waals surface area contributed by atoms with Crippen molar-refractivity contribution in [1.29, 1.82) is 0 Å². The summed E-state index contributed by atoms with van der Waals surface area (Å²) in [7, 11) is 2.17. The molecular weight excluding hydrogens is 274 g/mol. The van der Waals surface area contributed by atoms with Gasteiger partial charge in [-0.3, -0.25) is 4.98 Å². The van der Waals surface area contributed by atoms with Gasteiger partial charge in [0.2, 0.25) is 0 Å². The van der Waals surface area contributed by atoms with E-state index in [0.29, 0.717) is 6.04 Å². The molecule has 2 aromatic heterocycles. The Balaban J connectivity index is 1.72. The number of anilines is 1. The van der Waals surface area contributed by atoms with E-state index in [0.717, 1.165) is 44.0 Å². The van der Waals surface area contributed by atoms with Gasteiger partial charge in [0.1, 0.15) is 12.1 Å². The summed E-state index contributed by atoms with van der Waals surface area (Å²) in [6.45, 7) is 3.07. The lowest BCUT2D eigenvalue weighted by atomic mass is 10.1. The van der Waals surface area contributed by atoms with Gasteiger partial charge in [-0.05, 0) is 32.0 Å². The number of hydrogen-bond donors (Lipinski definition) is 0. The van der Waals surface area contributed by atoms with Gasteiger partial charge in [0.15, 0.2) is 0 Å². The first-order valence-corrected chi connectivity index (χ1v) is 8.02. The molecule has 114 valence electrons. The Labute approximate surface area is 131 Å². The van der Waals surface area contributed by atoms with Gasteiger partial charge >= 0.3 is 0 Å². The fraction of sp³-hybridized carbons (Fsp3) is 0.471. The Hall–Kier alpha value is -2.01. The lowest BCUT2D eigenvalue weighted by Crippen LogP contribution is -2.32. The summed E-state index contributed by atoms with van der Waals surface area (Å²) in [6.07, 6.45) is 6.97. The van der Waals surface area contributed by atoms with E-state index in [2.05, 4.69) is 43.9 Å². The minimum Gasteiger partial charge on any atom is -0.348 e. The molecule has 22 heavy (non-hydrogen) atoms. The highest BCUT2D eigenvalue weighted by molar-refractivity contribution is 5.52. The van der Waals surface area contributed by atoms with Crippen molar-refractivity contribution in [3.63, 3.8) is 0 Å². The van der Waals surface area contributed by atoms with Crippen molar-refractivity contribution in [2.24, 2.45) is 0 Å². The molecule has 1 saturated heterocycles. The van der Waals surface area contributed by atoms with Crippen LogP contribution in [0.15, 0.2) is 30.7 Å². The van der Waals surface area contributed by atoms with Crippen LogP contribution in [0.4, 0.5) is 5.82 Å². The molecule has 0 saturated carbocycles. The van der Waals surface area contributed by atoms with Crippen molar-refractivity contribution in [2.75, 3.05) is 25.0 Å². The maximum Gasteiger partial charge on any atom is 0.137 e. The van der Waals surface area contributed by atoms with Crippen molar-refractivity contribution in [2.45, 2.75) is 31.8 Å². The van der Waals surface area contributed by atoms with Gasteiger partial charge in [-0.1, -0.05) is 6.07 Å². The topological polar surface area (TPSA) is 45.2 Å². The Morgan fingerprint density at radius 1 is 1.14 bits per heavy atom. The van der Waals surface area contributed by atoms with Gasteiger partial charge in [-0.25, -0.2) is 9.97 Å². The second-order valence-electron chi connectivity index (χ2n) is 6.22. The summed E-state index contributed by atoms with van der Waals surface area (Å²) in [6, 6.07) is 6.52. The molecule has 1 fully saturated rings. The minimum atomic E-state index is 0.340. The van der Waals surface area contributed by atoms with Crippen molar-refractivity contribution in [3.05, 3.63) is 47.7 Å². The molecule has 0 aliphatic carbocycles. The zero-order valence-electron chi connectivity index (χ0n) is 12.9. The molecule has 4 heterocycles. The van der Waals surface area contributed by atoms with Crippen LogP contribution in [0.1, 0.15) is 35.8 Å². The van der Waals surface area contributed by atoms with E-state index >= 15 is 0 Å². The number of likely N-dealkylation sites (N-methyl/N-ethyl adjacent to an activating group) is 1. The third kappa shape index (κ3) is 2.35. The summed E-state index contributed by atoms with van der Waals surface area (Å²) in [5.41, 5.74) is 3.67. The first-order valence-electron chi connectivity index (χ1n) is 8.02. The summed E-state index contributed by atoms with van der Waals surface area (Å²) in [5.74, 6) is 1.12. The van der Waals surface area contributed by atoms with Crippen molar-refractivity contribution < 1.29 is 0 Å². The Morgan fingerprint density at radius 3 is 2.95 bits per heavy atom. The molecular formula is C17H21N5. The highest BCUT2D eigenvalue weighted by Crippen LogP contribution is 2.37. The van der Waals surface area contributed by atoms with Crippen LogP contribution < -0.4 is 4.90 Å². The standard InChI is InChI=1S/C17H21N5/c1-21-10-7-14-13(11-21)17(20-12-19-14)22-9-4-6-16(22)15-5-2-3-8-18-15/h2-3,5,8,12,16H,4,6-7,9-11H2,1H3/t16-/m1/s1. The lowest BCUT2D eigenvalue weighted by molar-refractivity contribution is 0.309. The summed E-state index contributed by atoms with van der Waals surface area (Å²) < 4.78 is 0. The van der Waals surface area contributed by atoms with E-state index in [1.165, 1.54) is 17.7 Å². The zero-order chi connectivity index (χ0) is 14.9. The quantitative estimate of drug-likeness (QED) is 0.850. The molecule has 0 spiro atoms. The molecule has 5 heteroatoms. The van der Waals surface area contributed by atoms with Gasteiger partial charge in [-0.2, -0.15) is 0 Å². The highest BCUT2D eigenvalue weighted by Gasteiger charge is 2.31. The average molecular weight is 295 g/mol. The van der Waals surface area contributed by atoms with Crippen LogP contribution in [0.3, 0.4) is 0 Å². The Bertz CT molecular complexity index is 657. The van der Waals surface area contributed by atoms with Crippen LogP contribution in [0.2, 0.25) is 0 Å². The molecule has 2 aliphatic rings. The maximum absolute atomic E-state index is 4.64. The molecule has 5 nitrogen and oxygen atoms in total. The predicted molar refractivity (Wildman–Crippen MR) is 85.6 cm³/mol. The first-order chi connectivity index (χ1) is 10.8. The van der Waals surface area contributed by atoms with E-state index in [1.54, 1.807) is 6.33 Å². The fourth-order valence-electron chi connectivity index (χ4n) is 3.61. The van der Waals surface area contributed by atoms with Crippen molar-refractivity contribution in [3.8, 4) is 0 Å². The number of fused-ring (bicyclic) bond motifs is 1. The number of pyridine rings is 1. The lowest BCUT2D eigenvalue weighted by Gasteiger charge is -2.31. The molecule has 0 amide bonds. The smallest absolute Gasteiger partial charge is 0.137 e. The summed E-state index contributed by atoms with van der Waals surface area (Å²) in [5, 5.41) is 0. The molecule has 4 rings (SSSR count). The van der Waals surface area contributed by atoms with Crippen LogP contribution in [0, 0.1) is 0 Å². The summed E-state index contributed by atoms with van der Waals surface area (Å²) in [4.78, 5) is 18.5. The number of aromatic nitrogens is 3. The summed E-state index contributed by atoms with van der Waals surface area (Å²) >= 11 is 0. The van der Waals surface area contributed by atoms with Crippen LogP contribution in [0.25, 0.3) is 0 Å². The van der Waals surface area contributed by atoms with Gasteiger partial charge in [0.25, 0.3) is 0 Å². The number of nitrogens with zero attached hydrogens (tertiary/aromatic N) is 5. The number of hydrogen-bond acceptors (Lipinski definition) is 5. The van der Waals surface area contributed by atoms with Gasteiger partial charge in [0.05, 0.1) is 17.4 Å². The first kappa shape index (κ1) is 13.6. The van der Waals surface area contributed by atoms with Crippen LogP contribution >= 0.6 is 0 Å². The minimum absolute atomic E-state index is 0.340. The monoisotopic (exact) mass is 295 g/mol. The molecule has 1 atom stereocenters. The second-order valence-corrected chi connectivity index (χ2v) is 6.22. The predicted octanol–water partition coefficient (Wildman–Crippen LogP) is 2.20. The molecule has 0 N–H and O–H groups in total.